The number of rotatable bonds is 6. The summed E-state index contributed by atoms with van der Waals surface area (Å²) in [6.07, 6.45) is 12.0. The third kappa shape index (κ3) is 9.75. The van der Waals surface area contributed by atoms with Crippen molar-refractivity contribution in [3.63, 3.8) is 0 Å². The van der Waals surface area contributed by atoms with Crippen molar-refractivity contribution >= 4 is 43.2 Å². The molecule has 4 rings (SSSR count). The van der Waals surface area contributed by atoms with Crippen LogP contribution >= 0.6 is 27.3 Å². The van der Waals surface area contributed by atoms with E-state index in [1.165, 1.54) is 15.9 Å². The molecule has 0 heterocycles. The van der Waals surface area contributed by atoms with Crippen molar-refractivity contribution in [1.29, 1.82) is 0 Å². The van der Waals surface area contributed by atoms with Crippen LogP contribution in [-0.4, -0.2) is 21.3 Å². The molecule has 3 aromatic rings. The third-order valence-electron chi connectivity index (χ3n) is 4.66. The first-order valence-corrected chi connectivity index (χ1v) is 16.1. The molecule has 0 bridgehead atoms. The van der Waals surface area contributed by atoms with Crippen molar-refractivity contribution in [3.05, 3.63) is 111 Å². The summed E-state index contributed by atoms with van der Waals surface area (Å²) in [6, 6.07) is 24.9. The van der Waals surface area contributed by atoms with Crippen LogP contribution in [-0.2, 0) is 15.1 Å². The van der Waals surface area contributed by atoms with E-state index in [4.69, 9.17) is 33.6 Å². The van der Waals surface area contributed by atoms with Crippen molar-refractivity contribution < 1.29 is 29.4 Å². The molecule has 0 unspecified atom stereocenters. The van der Waals surface area contributed by atoms with Crippen LogP contribution in [0.3, 0.4) is 0 Å². The molecule has 0 aliphatic heterocycles. The van der Waals surface area contributed by atoms with E-state index in [1.807, 2.05) is 74.9 Å². The van der Waals surface area contributed by atoms with Gasteiger partial charge >= 0.3 is 34.5 Å². The molecule has 0 saturated heterocycles. The van der Waals surface area contributed by atoms with Crippen LogP contribution in [0.25, 0.3) is 0 Å². The van der Waals surface area contributed by atoms with Crippen LogP contribution in [0.4, 0.5) is 0 Å². The van der Waals surface area contributed by atoms with Crippen molar-refractivity contribution in [1.82, 2.24) is 0 Å². The molecule has 7 heteroatoms. The van der Waals surface area contributed by atoms with E-state index < -0.39 is 7.92 Å². The molecule has 0 aromatic heterocycles. The molecule has 0 atom stereocenters. The molecule has 1 fully saturated rings. The van der Waals surface area contributed by atoms with E-state index in [1.54, 1.807) is 21.3 Å². The summed E-state index contributed by atoms with van der Waals surface area (Å²) in [6.45, 7) is 0. The number of benzene rings is 3. The normalized spacial score (nSPS) is 12.6. The van der Waals surface area contributed by atoms with Gasteiger partial charge < -0.3 is 14.2 Å². The number of methoxy groups -OCH3 is 3. The van der Waals surface area contributed by atoms with Gasteiger partial charge in [0.1, 0.15) is 17.2 Å². The van der Waals surface area contributed by atoms with Crippen molar-refractivity contribution in [2.24, 2.45) is 0 Å². The Bertz CT molecular complexity index is 794. The first-order valence-electron chi connectivity index (χ1n) is 10.2. The topological polar surface area (TPSA) is 27.7 Å². The fraction of sp³-hybridized carbons (Fsp3) is 0.111. The SMILES string of the molecule is COc1ccc(P(c2ccc(OC)cc2)c2ccc(OC)cc2)cc1.[CH]1[CH][CH][CH][CH][CH]1.[Cl][Ru][Cl]. The summed E-state index contributed by atoms with van der Waals surface area (Å²) >= 11 is -0.346. The summed E-state index contributed by atoms with van der Waals surface area (Å²) in [7, 11) is 14.1. The molecule has 34 heavy (non-hydrogen) atoms. The van der Waals surface area contributed by atoms with Crippen LogP contribution < -0.4 is 30.1 Å². The second-order valence-corrected chi connectivity index (χ2v) is 11.5. The van der Waals surface area contributed by atoms with Gasteiger partial charge in [-0.2, -0.15) is 0 Å². The van der Waals surface area contributed by atoms with Gasteiger partial charge in [-0.1, -0.05) is 36.4 Å². The molecule has 1 aliphatic carbocycles. The fourth-order valence-electron chi connectivity index (χ4n) is 3.03. The quantitative estimate of drug-likeness (QED) is 0.253. The predicted octanol–water partition coefficient (Wildman–Crippen LogP) is 6.07. The van der Waals surface area contributed by atoms with Gasteiger partial charge in [0.05, 0.1) is 21.3 Å². The second-order valence-electron chi connectivity index (χ2n) is 6.63. The zero-order valence-electron chi connectivity index (χ0n) is 19.2. The minimum atomic E-state index is -0.665. The average Bonchev–Trinajstić information content (AvgIpc) is 2.92. The maximum atomic E-state index is 5.30. The Balaban J connectivity index is 0.000000383. The summed E-state index contributed by atoms with van der Waals surface area (Å²) in [5.41, 5.74) is 0. The summed E-state index contributed by atoms with van der Waals surface area (Å²) in [5, 5.41) is 3.81. The first-order chi connectivity index (χ1) is 16.7. The molecular weight excluding hydrogens is 575 g/mol. The minimum absolute atomic E-state index is 0.346. The van der Waals surface area contributed by atoms with E-state index in [0.29, 0.717) is 0 Å². The van der Waals surface area contributed by atoms with Gasteiger partial charge in [0.25, 0.3) is 0 Å². The van der Waals surface area contributed by atoms with Crippen LogP contribution in [0.1, 0.15) is 0 Å². The summed E-state index contributed by atoms with van der Waals surface area (Å²) in [5.74, 6) is 2.59. The average molecular weight is 602 g/mol. The van der Waals surface area contributed by atoms with E-state index in [0.717, 1.165) is 17.2 Å². The predicted molar refractivity (Wildman–Crippen MR) is 142 cm³/mol. The van der Waals surface area contributed by atoms with Crippen molar-refractivity contribution in [2.75, 3.05) is 21.3 Å². The second kappa shape index (κ2) is 17.2. The zero-order chi connectivity index (χ0) is 24.6. The van der Waals surface area contributed by atoms with Crippen LogP contribution in [0.2, 0.25) is 0 Å². The summed E-state index contributed by atoms with van der Waals surface area (Å²) in [4.78, 5) is 0. The van der Waals surface area contributed by atoms with E-state index in [-0.39, 0.29) is 15.1 Å². The van der Waals surface area contributed by atoms with E-state index in [9.17, 15) is 0 Å². The number of hydrogen-bond donors (Lipinski definition) is 0. The van der Waals surface area contributed by atoms with E-state index >= 15 is 0 Å². The molecule has 1 saturated carbocycles. The van der Waals surface area contributed by atoms with Gasteiger partial charge in [0, 0.05) is 0 Å². The molecule has 0 N–H and O–H groups in total. The fourth-order valence-corrected chi connectivity index (χ4v) is 5.26. The number of ether oxygens (including phenoxy) is 3. The van der Waals surface area contributed by atoms with Gasteiger partial charge in [0.15, 0.2) is 0 Å². The van der Waals surface area contributed by atoms with Gasteiger partial charge in [-0.05, 0) is 98.8 Å². The summed E-state index contributed by atoms with van der Waals surface area (Å²) < 4.78 is 15.9. The van der Waals surface area contributed by atoms with Gasteiger partial charge in [-0.25, -0.2) is 0 Å². The number of halogens is 2. The Kier molecular flexibility index (Phi) is 14.6. The van der Waals surface area contributed by atoms with Gasteiger partial charge in [-0.3, -0.25) is 0 Å². The monoisotopic (exact) mass is 602 g/mol. The Labute approximate surface area is 221 Å². The molecule has 0 spiro atoms. The first kappa shape index (κ1) is 28.9. The maximum absolute atomic E-state index is 5.30. The molecular formula is C27H27Cl2O3PRu. The van der Waals surface area contributed by atoms with Gasteiger partial charge in [0.2, 0.25) is 0 Å². The Hall–Kier alpha value is -1.31. The van der Waals surface area contributed by atoms with Crippen LogP contribution in [0.15, 0.2) is 72.8 Å². The molecule has 0 amide bonds. The van der Waals surface area contributed by atoms with Crippen LogP contribution in [0, 0.1) is 38.5 Å². The zero-order valence-corrected chi connectivity index (χ0v) is 23.3. The molecule has 6 radical (unpaired) electrons. The van der Waals surface area contributed by atoms with Gasteiger partial charge in [-0.15, -0.1) is 0 Å². The number of hydrogen-bond acceptors (Lipinski definition) is 3. The Morgan fingerprint density at radius 2 is 0.676 bits per heavy atom. The Morgan fingerprint density at radius 1 is 0.471 bits per heavy atom. The molecule has 3 nitrogen and oxygen atoms in total. The van der Waals surface area contributed by atoms with Crippen molar-refractivity contribution in [3.8, 4) is 17.2 Å². The third-order valence-corrected chi connectivity index (χ3v) is 7.10. The standard InChI is InChI=1S/C21H21O3P.C6H6.2ClH.Ru/c1-22-16-4-10-19(11-5-16)25(20-12-6-17(23-2)7-13-20)21-14-8-18(24-3)9-15-21;1-2-4-6-5-3-1;;;/h4-15H,1-3H3;1-6H;2*1H;/q;;;;+2/p-2. The molecule has 180 valence electrons. The van der Waals surface area contributed by atoms with E-state index in [2.05, 4.69) is 36.4 Å². The van der Waals surface area contributed by atoms with Crippen LogP contribution in [0.5, 0.6) is 17.2 Å². The van der Waals surface area contributed by atoms with Crippen molar-refractivity contribution in [2.45, 2.75) is 0 Å². The Morgan fingerprint density at radius 3 is 0.853 bits per heavy atom. The molecule has 3 aromatic carbocycles. The molecule has 1 aliphatic rings.